The molecule has 0 aliphatic rings. The van der Waals surface area contributed by atoms with E-state index < -0.39 is 32.5 Å². The van der Waals surface area contributed by atoms with Gasteiger partial charge in [0.2, 0.25) is 5.75 Å². The molecule has 1 aromatic heterocycles. The van der Waals surface area contributed by atoms with Crippen LogP contribution in [0.2, 0.25) is 0 Å². The van der Waals surface area contributed by atoms with E-state index in [2.05, 4.69) is 0 Å². The summed E-state index contributed by atoms with van der Waals surface area (Å²) >= 11 is 0. The molecule has 31 heavy (non-hydrogen) atoms. The number of benzene rings is 2. The minimum absolute atomic E-state index is 0.0170. The summed E-state index contributed by atoms with van der Waals surface area (Å²) in [4.78, 5) is 12.8. The Hall–Kier alpha value is -3.44. The van der Waals surface area contributed by atoms with Crippen LogP contribution in [0.25, 0.3) is 17.0 Å². The molecule has 0 atom stereocenters. The highest BCUT2D eigenvalue weighted by Crippen LogP contribution is 2.46. The van der Waals surface area contributed by atoms with Crippen molar-refractivity contribution in [3.8, 4) is 17.2 Å². The number of phenols is 1. The Morgan fingerprint density at radius 2 is 1.84 bits per heavy atom. The van der Waals surface area contributed by atoms with Crippen molar-refractivity contribution >= 4 is 32.9 Å². The Labute approximate surface area is 175 Å². The van der Waals surface area contributed by atoms with Crippen molar-refractivity contribution in [2.45, 2.75) is 5.25 Å². The number of rotatable bonds is 7. The van der Waals surface area contributed by atoms with Gasteiger partial charge in [0.1, 0.15) is 11.3 Å². The van der Waals surface area contributed by atoms with Gasteiger partial charge < -0.3 is 19.0 Å². The zero-order valence-electron chi connectivity index (χ0n) is 16.1. The number of fused-ring (bicyclic) bond motifs is 1. The van der Waals surface area contributed by atoms with E-state index in [4.69, 9.17) is 18.4 Å². The van der Waals surface area contributed by atoms with E-state index in [1.807, 2.05) is 0 Å². The molecule has 2 aromatic carbocycles. The van der Waals surface area contributed by atoms with E-state index in [0.717, 1.165) is 30.4 Å². The molecule has 0 unspecified atom stereocenters. The number of alkyl halides is 2. The summed E-state index contributed by atoms with van der Waals surface area (Å²) in [5.74, 6) is -1.36. The van der Waals surface area contributed by atoms with E-state index in [-0.39, 0.29) is 28.2 Å². The Balaban J connectivity index is 2.04. The molecule has 0 amide bonds. The van der Waals surface area contributed by atoms with Gasteiger partial charge in [0.15, 0.2) is 17.1 Å². The number of furan rings is 1. The van der Waals surface area contributed by atoms with Crippen LogP contribution in [0.5, 0.6) is 17.2 Å². The van der Waals surface area contributed by atoms with Crippen LogP contribution in [-0.4, -0.2) is 38.1 Å². The van der Waals surface area contributed by atoms with Gasteiger partial charge in [-0.2, -0.15) is 17.2 Å². The molecule has 0 aliphatic carbocycles. The van der Waals surface area contributed by atoms with Crippen molar-refractivity contribution < 1.29 is 45.5 Å². The number of carbonyl (C=O) groups is 1. The molecule has 0 bridgehead atoms. The molecule has 11 heteroatoms. The second-order valence-corrected chi connectivity index (χ2v) is 7.73. The molecule has 3 rings (SSSR count). The molecule has 0 saturated heterocycles. The van der Waals surface area contributed by atoms with Crippen LogP contribution < -0.4 is 9.47 Å². The maximum Gasteiger partial charge on any atom is 0.395 e. The van der Waals surface area contributed by atoms with Crippen molar-refractivity contribution in [3.63, 3.8) is 0 Å². The predicted octanol–water partition coefficient (Wildman–Crippen LogP) is 3.99. The van der Waals surface area contributed by atoms with E-state index in [0.29, 0.717) is 5.39 Å². The van der Waals surface area contributed by atoms with Crippen LogP contribution in [0, 0.1) is 0 Å². The molecule has 164 valence electrons. The molecule has 0 aliphatic heterocycles. The smallest absolute Gasteiger partial charge is 0.395 e. The average Bonchev–Trinajstić information content (AvgIpc) is 3.19. The number of carbonyl (C=O) groups excluding carboxylic acids is 1. The number of methoxy groups -OCH3 is 2. The van der Waals surface area contributed by atoms with Crippen LogP contribution >= 0.6 is 0 Å². The normalized spacial score (nSPS) is 12.4. The van der Waals surface area contributed by atoms with Crippen LogP contribution in [0.1, 0.15) is 21.5 Å². The van der Waals surface area contributed by atoms with Crippen LogP contribution in [0.4, 0.5) is 8.78 Å². The lowest BCUT2D eigenvalue weighted by molar-refractivity contribution is 0.0790. The summed E-state index contributed by atoms with van der Waals surface area (Å²) in [6.07, 6.45) is 3.44. The molecule has 2 N–H and O–H groups in total. The summed E-state index contributed by atoms with van der Waals surface area (Å²) < 4.78 is 74.0. The summed E-state index contributed by atoms with van der Waals surface area (Å²) in [5, 5.41) is 6.35. The highest BCUT2D eigenvalue weighted by atomic mass is 32.2. The zero-order chi connectivity index (χ0) is 23.0. The van der Waals surface area contributed by atoms with Crippen molar-refractivity contribution in [1.29, 1.82) is 0 Å². The number of hydrogen-bond donors (Lipinski definition) is 2. The molecule has 0 spiro atoms. The monoisotopic (exact) mass is 454 g/mol. The van der Waals surface area contributed by atoms with Crippen molar-refractivity contribution in [1.82, 2.24) is 0 Å². The number of ether oxygens (including phenoxy) is 2. The fraction of sp³-hybridized carbons (Fsp3) is 0.150. The van der Waals surface area contributed by atoms with E-state index >= 15 is 0 Å². The first-order valence-electron chi connectivity index (χ1n) is 8.54. The number of allylic oxidation sites excluding steroid dienone is 1. The number of aromatic hydroxyl groups is 1. The number of ketones is 1. The first kappa shape index (κ1) is 22.2. The van der Waals surface area contributed by atoms with Crippen molar-refractivity contribution in [3.05, 3.63) is 59.4 Å². The van der Waals surface area contributed by atoms with Gasteiger partial charge in [-0.15, -0.1) is 0 Å². The zero-order valence-corrected chi connectivity index (χ0v) is 16.9. The standard InChI is InChI=1S/C20H16F2O8S/c1-28-17-13-8-9-30-18(13)19(29-2)16(24)15(17)14(23)7-6-11-4-3-5-12(10-11)20(21,22)31(25,26)27/h3-10,24H,1-2H3,(H,25,26,27). The minimum Gasteiger partial charge on any atom is -0.504 e. The van der Waals surface area contributed by atoms with E-state index in [1.165, 1.54) is 32.6 Å². The van der Waals surface area contributed by atoms with Gasteiger partial charge in [-0.25, -0.2) is 0 Å². The second-order valence-electron chi connectivity index (χ2n) is 6.27. The first-order valence-corrected chi connectivity index (χ1v) is 9.98. The molecular weight excluding hydrogens is 438 g/mol. The average molecular weight is 454 g/mol. The quantitative estimate of drug-likeness (QED) is 0.312. The number of halogens is 2. The molecule has 8 nitrogen and oxygen atoms in total. The molecule has 3 aromatic rings. The van der Waals surface area contributed by atoms with Crippen LogP contribution in [0.3, 0.4) is 0 Å². The maximum absolute atomic E-state index is 13.9. The summed E-state index contributed by atoms with van der Waals surface area (Å²) in [6, 6.07) is 5.60. The SMILES string of the molecule is COc1c(C(=O)C=Cc2cccc(C(F)(F)S(=O)(=O)O)c2)c(O)c(OC)c2occc12. The van der Waals surface area contributed by atoms with Gasteiger partial charge >= 0.3 is 15.4 Å². The molecule has 1 heterocycles. The molecule has 0 saturated carbocycles. The Morgan fingerprint density at radius 3 is 2.45 bits per heavy atom. The first-order chi connectivity index (χ1) is 14.5. The maximum atomic E-state index is 13.9. The molecule has 0 radical (unpaired) electrons. The third kappa shape index (κ3) is 3.84. The van der Waals surface area contributed by atoms with Gasteiger partial charge in [0, 0.05) is 5.56 Å². The second kappa shape index (κ2) is 8.00. The number of hydrogen-bond acceptors (Lipinski definition) is 7. The van der Waals surface area contributed by atoms with Crippen molar-refractivity contribution in [2.24, 2.45) is 0 Å². The Bertz CT molecular complexity index is 1290. The predicted molar refractivity (Wildman–Crippen MR) is 106 cm³/mol. The summed E-state index contributed by atoms with van der Waals surface area (Å²) in [6.45, 7) is 0. The van der Waals surface area contributed by atoms with E-state index in [9.17, 15) is 27.1 Å². The van der Waals surface area contributed by atoms with Gasteiger partial charge in [-0.1, -0.05) is 24.3 Å². The highest BCUT2D eigenvalue weighted by molar-refractivity contribution is 7.86. The van der Waals surface area contributed by atoms with Gasteiger partial charge in [-0.3, -0.25) is 9.35 Å². The van der Waals surface area contributed by atoms with Crippen LogP contribution in [-0.2, 0) is 15.4 Å². The molecule has 0 fully saturated rings. The van der Waals surface area contributed by atoms with Gasteiger partial charge in [0.05, 0.1) is 25.9 Å². The summed E-state index contributed by atoms with van der Waals surface area (Å²) in [7, 11) is -3.12. The third-order valence-corrected chi connectivity index (χ3v) is 5.31. The molecular formula is C20H16F2O8S. The topological polar surface area (TPSA) is 123 Å². The van der Waals surface area contributed by atoms with Gasteiger partial charge in [0.25, 0.3) is 0 Å². The largest absolute Gasteiger partial charge is 0.504 e. The minimum atomic E-state index is -5.68. The lowest BCUT2D eigenvalue weighted by Crippen LogP contribution is -2.25. The third-order valence-electron chi connectivity index (χ3n) is 4.42. The Morgan fingerprint density at radius 1 is 1.16 bits per heavy atom. The van der Waals surface area contributed by atoms with Gasteiger partial charge in [-0.05, 0) is 23.8 Å². The fourth-order valence-corrected chi connectivity index (χ4v) is 3.41. The Kier molecular flexibility index (Phi) is 5.74. The van der Waals surface area contributed by atoms with Crippen LogP contribution in [0.15, 0.2) is 47.1 Å². The van der Waals surface area contributed by atoms with Crippen molar-refractivity contribution in [2.75, 3.05) is 14.2 Å². The number of phenolic OH excluding ortho intramolecular Hbond substituents is 1. The summed E-state index contributed by atoms with van der Waals surface area (Å²) in [5.41, 5.74) is -1.02. The van der Waals surface area contributed by atoms with E-state index in [1.54, 1.807) is 0 Å². The highest BCUT2D eigenvalue weighted by Gasteiger charge is 2.45. The fourth-order valence-electron chi connectivity index (χ4n) is 2.98. The lowest BCUT2D eigenvalue weighted by Gasteiger charge is -2.13. The lowest BCUT2D eigenvalue weighted by atomic mass is 10.0.